The Labute approximate surface area is 117 Å². The van der Waals surface area contributed by atoms with Crippen LogP contribution in [-0.4, -0.2) is 13.0 Å². The summed E-state index contributed by atoms with van der Waals surface area (Å²) in [6, 6.07) is 17.1. The van der Waals surface area contributed by atoms with Crippen molar-refractivity contribution in [3.05, 3.63) is 59.7 Å². The van der Waals surface area contributed by atoms with E-state index in [1.54, 1.807) is 0 Å². The molecule has 0 atom stereocenters. The quantitative estimate of drug-likeness (QED) is 0.680. The molecule has 0 spiro atoms. The van der Waals surface area contributed by atoms with Gasteiger partial charge < -0.3 is 5.32 Å². The van der Waals surface area contributed by atoms with Crippen molar-refractivity contribution in [2.45, 2.75) is 22.1 Å². The van der Waals surface area contributed by atoms with Crippen molar-refractivity contribution in [2.24, 2.45) is 0 Å². The van der Waals surface area contributed by atoms with Crippen LogP contribution in [0.25, 0.3) is 0 Å². The summed E-state index contributed by atoms with van der Waals surface area (Å²) in [6.07, 6.45) is 1.71. The molecule has 1 heterocycles. The zero-order chi connectivity index (χ0) is 13.1. The first-order valence-corrected chi connectivity index (χ1v) is 7.24. The lowest BCUT2D eigenvalue weighted by Crippen LogP contribution is -2.18. The number of amides is 1. The van der Waals surface area contributed by atoms with Gasteiger partial charge in [0.25, 0.3) is 0 Å². The molecule has 96 valence electrons. The monoisotopic (exact) mass is 269 g/mol. The van der Waals surface area contributed by atoms with E-state index in [-0.39, 0.29) is 0 Å². The standard InChI is InChI=1S/C16H15NOS/c18-11-17-10-9-12-13-5-1-3-7-15(13)19-16-8-4-2-6-14(12)16/h1-8,11-12H,9-10H2,(H,17,18). The van der Waals surface area contributed by atoms with E-state index in [0.29, 0.717) is 12.5 Å². The summed E-state index contributed by atoms with van der Waals surface area (Å²) in [6.45, 7) is 0.710. The Hall–Kier alpha value is -1.74. The Morgan fingerprint density at radius 3 is 2.16 bits per heavy atom. The number of hydrogen-bond donors (Lipinski definition) is 1. The van der Waals surface area contributed by atoms with Crippen molar-refractivity contribution in [2.75, 3.05) is 6.54 Å². The summed E-state index contributed by atoms with van der Waals surface area (Å²) in [5.41, 5.74) is 2.75. The van der Waals surface area contributed by atoms with Crippen LogP contribution in [0.2, 0.25) is 0 Å². The highest BCUT2D eigenvalue weighted by Gasteiger charge is 2.24. The van der Waals surface area contributed by atoms with E-state index in [9.17, 15) is 4.79 Å². The van der Waals surface area contributed by atoms with Crippen molar-refractivity contribution >= 4 is 18.2 Å². The highest BCUT2D eigenvalue weighted by molar-refractivity contribution is 7.99. The van der Waals surface area contributed by atoms with Gasteiger partial charge in [0, 0.05) is 22.3 Å². The van der Waals surface area contributed by atoms with Crippen LogP contribution < -0.4 is 5.32 Å². The van der Waals surface area contributed by atoms with Crippen LogP contribution in [0.4, 0.5) is 0 Å². The van der Waals surface area contributed by atoms with Crippen LogP contribution in [0.3, 0.4) is 0 Å². The fourth-order valence-electron chi connectivity index (χ4n) is 2.61. The number of carbonyl (C=O) groups excluding carboxylic acids is 1. The lowest BCUT2D eigenvalue weighted by molar-refractivity contribution is -0.109. The number of nitrogens with one attached hydrogen (secondary N) is 1. The largest absolute Gasteiger partial charge is 0.359 e. The van der Waals surface area contributed by atoms with Crippen molar-refractivity contribution in [1.82, 2.24) is 5.32 Å². The average molecular weight is 269 g/mol. The van der Waals surface area contributed by atoms with Gasteiger partial charge >= 0.3 is 0 Å². The minimum absolute atomic E-state index is 0.376. The first-order valence-electron chi connectivity index (χ1n) is 6.43. The van der Waals surface area contributed by atoms with Gasteiger partial charge in [0.2, 0.25) is 6.41 Å². The molecule has 3 heteroatoms. The summed E-state index contributed by atoms with van der Waals surface area (Å²) in [5.74, 6) is 0.376. The van der Waals surface area contributed by atoms with Crippen LogP contribution >= 0.6 is 11.8 Å². The van der Waals surface area contributed by atoms with E-state index in [1.807, 2.05) is 11.8 Å². The van der Waals surface area contributed by atoms with E-state index in [2.05, 4.69) is 53.8 Å². The molecule has 0 fully saturated rings. The summed E-state index contributed by atoms with van der Waals surface area (Å²) >= 11 is 1.84. The molecule has 1 aliphatic heterocycles. The molecule has 0 saturated carbocycles. The predicted octanol–water partition coefficient (Wildman–Crippen LogP) is 3.42. The van der Waals surface area contributed by atoms with Crippen molar-refractivity contribution in [3.8, 4) is 0 Å². The Kier molecular flexibility index (Phi) is 3.56. The molecule has 0 radical (unpaired) electrons. The van der Waals surface area contributed by atoms with Gasteiger partial charge in [-0.15, -0.1) is 0 Å². The first kappa shape index (κ1) is 12.3. The van der Waals surface area contributed by atoms with Gasteiger partial charge in [0.15, 0.2) is 0 Å². The van der Waals surface area contributed by atoms with Gasteiger partial charge in [-0.1, -0.05) is 48.2 Å². The lowest BCUT2D eigenvalue weighted by atomic mass is 9.88. The molecule has 2 aromatic rings. The molecule has 3 rings (SSSR count). The molecule has 0 aromatic heterocycles. The highest BCUT2D eigenvalue weighted by atomic mass is 32.2. The maximum Gasteiger partial charge on any atom is 0.207 e. The van der Waals surface area contributed by atoms with E-state index in [0.717, 1.165) is 12.8 Å². The molecule has 1 amide bonds. The third-order valence-electron chi connectivity index (χ3n) is 3.47. The normalized spacial score (nSPS) is 13.5. The van der Waals surface area contributed by atoms with E-state index in [1.165, 1.54) is 20.9 Å². The zero-order valence-corrected chi connectivity index (χ0v) is 11.3. The fourth-order valence-corrected chi connectivity index (χ4v) is 3.79. The van der Waals surface area contributed by atoms with Gasteiger partial charge in [-0.2, -0.15) is 0 Å². The minimum Gasteiger partial charge on any atom is -0.359 e. The molecule has 19 heavy (non-hydrogen) atoms. The molecule has 0 aliphatic carbocycles. The minimum atomic E-state index is 0.376. The number of carbonyl (C=O) groups is 1. The van der Waals surface area contributed by atoms with Gasteiger partial charge in [-0.3, -0.25) is 4.79 Å². The number of hydrogen-bond acceptors (Lipinski definition) is 2. The smallest absolute Gasteiger partial charge is 0.207 e. The second-order valence-electron chi connectivity index (χ2n) is 4.59. The van der Waals surface area contributed by atoms with Gasteiger partial charge in [-0.25, -0.2) is 0 Å². The molecule has 0 unspecified atom stereocenters. The van der Waals surface area contributed by atoms with Crippen molar-refractivity contribution in [1.29, 1.82) is 0 Å². The molecule has 1 aliphatic rings. The van der Waals surface area contributed by atoms with Crippen LogP contribution in [0.5, 0.6) is 0 Å². The third kappa shape index (κ3) is 2.38. The van der Waals surface area contributed by atoms with Gasteiger partial charge in [0.05, 0.1) is 0 Å². The Morgan fingerprint density at radius 2 is 1.58 bits per heavy atom. The molecule has 1 N–H and O–H groups in total. The second-order valence-corrected chi connectivity index (χ2v) is 5.67. The number of benzene rings is 2. The number of rotatable bonds is 4. The van der Waals surface area contributed by atoms with Crippen LogP contribution in [-0.2, 0) is 4.79 Å². The molecular formula is C16H15NOS. The molecular weight excluding hydrogens is 254 g/mol. The molecule has 0 bridgehead atoms. The molecule has 0 saturated heterocycles. The Morgan fingerprint density at radius 1 is 1.00 bits per heavy atom. The topological polar surface area (TPSA) is 29.1 Å². The predicted molar refractivity (Wildman–Crippen MR) is 77.5 cm³/mol. The first-order chi connectivity index (χ1) is 9.40. The van der Waals surface area contributed by atoms with E-state index in [4.69, 9.17) is 0 Å². The number of fused-ring (bicyclic) bond motifs is 2. The van der Waals surface area contributed by atoms with Crippen molar-refractivity contribution < 1.29 is 4.79 Å². The summed E-state index contributed by atoms with van der Waals surface area (Å²) in [5, 5.41) is 2.77. The van der Waals surface area contributed by atoms with E-state index >= 15 is 0 Å². The molecule has 2 aromatic carbocycles. The Bertz CT molecular complexity index is 551. The summed E-state index contributed by atoms with van der Waals surface area (Å²) in [4.78, 5) is 13.1. The second kappa shape index (κ2) is 5.49. The lowest BCUT2D eigenvalue weighted by Gasteiger charge is -2.27. The summed E-state index contributed by atoms with van der Waals surface area (Å²) < 4.78 is 0. The average Bonchev–Trinajstić information content (AvgIpc) is 2.46. The fraction of sp³-hybridized carbons (Fsp3) is 0.188. The third-order valence-corrected chi connectivity index (χ3v) is 4.65. The zero-order valence-electron chi connectivity index (χ0n) is 10.5. The van der Waals surface area contributed by atoms with Crippen molar-refractivity contribution in [3.63, 3.8) is 0 Å². The van der Waals surface area contributed by atoms with Crippen LogP contribution in [0.15, 0.2) is 58.3 Å². The van der Waals surface area contributed by atoms with Gasteiger partial charge in [0.1, 0.15) is 0 Å². The summed E-state index contributed by atoms with van der Waals surface area (Å²) in [7, 11) is 0. The SMILES string of the molecule is O=CNCCC1c2ccccc2Sc2ccccc21. The maximum atomic E-state index is 10.4. The maximum absolute atomic E-state index is 10.4. The van der Waals surface area contributed by atoms with Crippen LogP contribution in [0, 0.1) is 0 Å². The van der Waals surface area contributed by atoms with Crippen LogP contribution in [0.1, 0.15) is 23.5 Å². The highest BCUT2D eigenvalue weighted by Crippen LogP contribution is 2.46. The van der Waals surface area contributed by atoms with Gasteiger partial charge in [-0.05, 0) is 29.7 Å². The van der Waals surface area contributed by atoms with E-state index < -0.39 is 0 Å². The molecule has 2 nitrogen and oxygen atoms in total. The Balaban J connectivity index is 1.98.